The van der Waals surface area contributed by atoms with Crippen LogP contribution in [0.3, 0.4) is 0 Å². The summed E-state index contributed by atoms with van der Waals surface area (Å²) in [6, 6.07) is 11.0. The molecule has 5 nitrogen and oxygen atoms in total. The molecular formula is C19H20N2O3S. The normalized spacial score (nSPS) is 22.2. The molecule has 1 saturated heterocycles. The van der Waals surface area contributed by atoms with Gasteiger partial charge >= 0.3 is 0 Å². The van der Waals surface area contributed by atoms with Crippen LogP contribution in [0.15, 0.2) is 41.8 Å². The number of para-hydroxylation sites is 1. The number of nitrogens with zero attached hydrogens (tertiary/aromatic N) is 1. The number of thiophene rings is 1. The number of carbonyl (C=O) groups excluding carboxylic acids is 2. The summed E-state index contributed by atoms with van der Waals surface area (Å²) in [6.07, 6.45) is 2.32. The molecule has 1 aromatic heterocycles. The van der Waals surface area contributed by atoms with Crippen molar-refractivity contribution in [2.24, 2.45) is 0 Å². The van der Waals surface area contributed by atoms with Gasteiger partial charge in [-0.25, -0.2) is 0 Å². The number of amides is 2. The highest BCUT2D eigenvalue weighted by Crippen LogP contribution is 2.32. The summed E-state index contributed by atoms with van der Waals surface area (Å²) >= 11 is 1.42. The van der Waals surface area contributed by atoms with Crippen LogP contribution in [0.25, 0.3) is 0 Å². The Labute approximate surface area is 150 Å². The topological polar surface area (TPSA) is 58.6 Å². The summed E-state index contributed by atoms with van der Waals surface area (Å²) in [5, 5.41) is 5.02. The number of nitrogens with one attached hydrogen (secondary N) is 1. The zero-order chi connectivity index (χ0) is 17.2. The number of fused-ring (bicyclic) bond motifs is 1. The number of carbonyl (C=O) groups is 2. The van der Waals surface area contributed by atoms with Crippen LogP contribution in [0.5, 0.6) is 5.75 Å². The quantitative estimate of drug-likeness (QED) is 0.920. The Morgan fingerprint density at radius 2 is 2.04 bits per heavy atom. The molecule has 130 valence electrons. The predicted octanol–water partition coefficient (Wildman–Crippen LogP) is 2.99. The number of ether oxygens (including phenoxy) is 1. The van der Waals surface area contributed by atoms with Gasteiger partial charge in [-0.1, -0.05) is 24.3 Å². The fourth-order valence-corrected chi connectivity index (χ4v) is 4.26. The summed E-state index contributed by atoms with van der Waals surface area (Å²) in [7, 11) is 0. The predicted molar refractivity (Wildman–Crippen MR) is 95.8 cm³/mol. The molecule has 2 aliphatic rings. The molecule has 0 radical (unpaired) electrons. The van der Waals surface area contributed by atoms with E-state index in [1.54, 1.807) is 4.90 Å². The van der Waals surface area contributed by atoms with Crippen LogP contribution in [0.2, 0.25) is 0 Å². The lowest BCUT2D eigenvalue weighted by Gasteiger charge is -2.29. The second kappa shape index (κ2) is 6.88. The van der Waals surface area contributed by atoms with Gasteiger partial charge in [0, 0.05) is 18.5 Å². The van der Waals surface area contributed by atoms with Gasteiger partial charge in [-0.15, -0.1) is 11.3 Å². The van der Waals surface area contributed by atoms with Gasteiger partial charge in [0.2, 0.25) is 5.91 Å². The second-order valence-electron chi connectivity index (χ2n) is 6.37. The van der Waals surface area contributed by atoms with Gasteiger partial charge in [-0.05, 0) is 30.4 Å². The van der Waals surface area contributed by atoms with E-state index < -0.39 is 0 Å². The van der Waals surface area contributed by atoms with Gasteiger partial charge in [0.05, 0.1) is 17.5 Å². The van der Waals surface area contributed by atoms with Crippen molar-refractivity contribution in [3.63, 3.8) is 0 Å². The first-order valence-corrected chi connectivity index (χ1v) is 9.48. The smallest absolute Gasteiger partial charge is 0.264 e. The lowest BCUT2D eigenvalue weighted by Crippen LogP contribution is -2.47. The molecule has 4 rings (SSSR count). The van der Waals surface area contributed by atoms with E-state index in [9.17, 15) is 9.59 Å². The number of benzene rings is 1. The maximum Gasteiger partial charge on any atom is 0.264 e. The van der Waals surface area contributed by atoms with E-state index in [1.807, 2.05) is 41.8 Å². The van der Waals surface area contributed by atoms with E-state index in [0.29, 0.717) is 24.4 Å². The highest BCUT2D eigenvalue weighted by molar-refractivity contribution is 7.12. The average molecular weight is 356 g/mol. The maximum atomic E-state index is 12.9. The van der Waals surface area contributed by atoms with Crippen molar-refractivity contribution in [2.45, 2.75) is 31.3 Å². The van der Waals surface area contributed by atoms with Gasteiger partial charge in [0.15, 0.2) is 0 Å². The molecule has 3 heterocycles. The minimum Gasteiger partial charge on any atom is -0.493 e. The Balaban J connectivity index is 1.49. The molecule has 2 atom stereocenters. The van der Waals surface area contributed by atoms with Crippen molar-refractivity contribution in [2.75, 3.05) is 13.2 Å². The van der Waals surface area contributed by atoms with Crippen LogP contribution in [0, 0.1) is 0 Å². The fourth-order valence-electron chi connectivity index (χ4n) is 3.58. The SMILES string of the molecule is O=C(NC1CCOc2ccccc21)[C@@H]1CCCN1C(=O)c1cccs1. The number of hydrogen-bond acceptors (Lipinski definition) is 4. The summed E-state index contributed by atoms with van der Waals surface area (Å²) < 4.78 is 5.65. The lowest BCUT2D eigenvalue weighted by atomic mass is 10.00. The highest BCUT2D eigenvalue weighted by Gasteiger charge is 2.36. The van der Waals surface area contributed by atoms with Crippen LogP contribution in [-0.4, -0.2) is 35.9 Å². The standard InChI is InChI=1S/C19H20N2O3S/c22-18(20-14-9-11-24-16-7-2-1-5-13(14)16)15-6-3-10-21(15)19(23)17-8-4-12-25-17/h1-2,4-5,7-8,12,14-15H,3,6,9-11H2,(H,20,22)/t14?,15-/m0/s1. The maximum absolute atomic E-state index is 12.9. The van der Waals surface area contributed by atoms with E-state index in [0.717, 1.165) is 24.2 Å². The van der Waals surface area contributed by atoms with Crippen LogP contribution in [0.4, 0.5) is 0 Å². The largest absolute Gasteiger partial charge is 0.493 e. The van der Waals surface area contributed by atoms with Crippen molar-refractivity contribution < 1.29 is 14.3 Å². The van der Waals surface area contributed by atoms with Crippen LogP contribution in [-0.2, 0) is 4.79 Å². The Morgan fingerprint density at radius 3 is 2.88 bits per heavy atom. The summed E-state index contributed by atoms with van der Waals surface area (Å²) in [6.45, 7) is 1.23. The molecule has 1 unspecified atom stereocenters. The third-order valence-corrected chi connectivity index (χ3v) is 5.68. The van der Waals surface area contributed by atoms with Gasteiger partial charge in [0.1, 0.15) is 11.8 Å². The lowest BCUT2D eigenvalue weighted by molar-refractivity contribution is -0.125. The summed E-state index contributed by atoms with van der Waals surface area (Å²) in [5.41, 5.74) is 1.01. The third kappa shape index (κ3) is 3.14. The van der Waals surface area contributed by atoms with E-state index in [1.165, 1.54) is 11.3 Å². The Hall–Kier alpha value is -2.34. The first-order chi connectivity index (χ1) is 12.2. The molecule has 2 amide bonds. The molecule has 1 N–H and O–H groups in total. The molecule has 6 heteroatoms. The van der Waals surface area contributed by atoms with Crippen molar-refractivity contribution >= 4 is 23.2 Å². The molecule has 1 fully saturated rings. The van der Waals surface area contributed by atoms with E-state index in [4.69, 9.17) is 4.74 Å². The van der Waals surface area contributed by atoms with Gasteiger partial charge in [-0.2, -0.15) is 0 Å². The minimum absolute atomic E-state index is 0.0416. The Morgan fingerprint density at radius 1 is 1.16 bits per heavy atom. The average Bonchev–Trinajstić information content (AvgIpc) is 3.33. The third-order valence-electron chi connectivity index (χ3n) is 4.82. The molecule has 0 spiro atoms. The van der Waals surface area contributed by atoms with Crippen LogP contribution >= 0.6 is 11.3 Å². The fraction of sp³-hybridized carbons (Fsp3) is 0.368. The van der Waals surface area contributed by atoms with Crippen molar-refractivity contribution in [3.8, 4) is 5.75 Å². The molecule has 0 aliphatic carbocycles. The van der Waals surface area contributed by atoms with E-state index in [2.05, 4.69) is 5.32 Å². The molecule has 1 aromatic carbocycles. The minimum atomic E-state index is -0.385. The Bertz CT molecular complexity index is 775. The molecule has 0 bridgehead atoms. The van der Waals surface area contributed by atoms with E-state index >= 15 is 0 Å². The summed E-state index contributed by atoms with van der Waals surface area (Å²) in [4.78, 5) is 27.9. The van der Waals surface area contributed by atoms with Gasteiger partial charge in [0.25, 0.3) is 5.91 Å². The molecule has 2 aromatic rings. The van der Waals surface area contributed by atoms with Crippen molar-refractivity contribution in [1.29, 1.82) is 0 Å². The van der Waals surface area contributed by atoms with Crippen molar-refractivity contribution in [3.05, 3.63) is 52.2 Å². The highest BCUT2D eigenvalue weighted by atomic mass is 32.1. The van der Waals surface area contributed by atoms with Crippen LogP contribution < -0.4 is 10.1 Å². The monoisotopic (exact) mass is 356 g/mol. The first kappa shape index (κ1) is 16.1. The molecule has 2 aliphatic heterocycles. The molecule has 25 heavy (non-hydrogen) atoms. The first-order valence-electron chi connectivity index (χ1n) is 8.60. The number of hydrogen-bond donors (Lipinski definition) is 1. The zero-order valence-corrected chi connectivity index (χ0v) is 14.6. The second-order valence-corrected chi connectivity index (χ2v) is 7.32. The number of likely N-dealkylation sites (tertiary alicyclic amines) is 1. The molecular weight excluding hydrogens is 336 g/mol. The van der Waals surface area contributed by atoms with Crippen molar-refractivity contribution in [1.82, 2.24) is 10.2 Å². The van der Waals surface area contributed by atoms with E-state index in [-0.39, 0.29) is 23.9 Å². The van der Waals surface area contributed by atoms with Crippen LogP contribution in [0.1, 0.15) is 40.5 Å². The number of rotatable bonds is 3. The summed E-state index contributed by atoms with van der Waals surface area (Å²) in [5.74, 6) is 0.723. The Kier molecular flexibility index (Phi) is 4.44. The van der Waals surface area contributed by atoms with Gasteiger partial charge < -0.3 is 15.0 Å². The van der Waals surface area contributed by atoms with Gasteiger partial charge in [-0.3, -0.25) is 9.59 Å². The molecule has 0 saturated carbocycles. The zero-order valence-electron chi connectivity index (χ0n) is 13.8.